The molecule has 4 atom stereocenters. The Labute approximate surface area is 172 Å². The van der Waals surface area contributed by atoms with Crippen molar-refractivity contribution in [2.75, 3.05) is 13.2 Å². The average molecular weight is 416 g/mol. The number of ether oxygens (including phenoxy) is 1. The van der Waals surface area contributed by atoms with Gasteiger partial charge in [-0.15, -0.1) is 0 Å². The van der Waals surface area contributed by atoms with Crippen molar-refractivity contribution in [1.82, 2.24) is 10.2 Å². The van der Waals surface area contributed by atoms with E-state index in [1.54, 1.807) is 17.0 Å². The molecule has 4 rings (SSSR count). The van der Waals surface area contributed by atoms with Crippen molar-refractivity contribution < 1.29 is 28.2 Å². The highest BCUT2D eigenvalue weighted by atomic mass is 19.1. The van der Waals surface area contributed by atoms with E-state index in [-0.39, 0.29) is 24.8 Å². The summed E-state index contributed by atoms with van der Waals surface area (Å²) in [4.78, 5) is 26.0. The van der Waals surface area contributed by atoms with E-state index in [1.807, 2.05) is 24.3 Å². The number of nitrogens with zero attached hydrogens (tertiary/aromatic N) is 1. The minimum absolute atomic E-state index is 0.0828. The standard InChI is InChI=1S/C22H22F2N2O4/c23-15-7-5-14(6-8-15)20-16-4-2-1-3-13(16)9-10-26(20)21(27)19-11-18(25-22(28)29)17(24)12-30-19/h1-8,17-20,25H,9-12H2,(H,28,29)/t17-,18-,19+,20-/m0/s1. The number of hydrogen-bond acceptors (Lipinski definition) is 3. The van der Waals surface area contributed by atoms with Gasteiger partial charge in [0.15, 0.2) is 0 Å². The van der Waals surface area contributed by atoms with Gasteiger partial charge in [0.05, 0.1) is 18.7 Å². The number of fused-ring (bicyclic) bond motifs is 1. The van der Waals surface area contributed by atoms with Gasteiger partial charge in [-0.1, -0.05) is 36.4 Å². The number of rotatable bonds is 3. The van der Waals surface area contributed by atoms with Crippen molar-refractivity contribution in [3.63, 3.8) is 0 Å². The number of alkyl halides is 1. The van der Waals surface area contributed by atoms with E-state index in [9.17, 15) is 18.4 Å². The number of amides is 2. The number of halogens is 2. The third kappa shape index (κ3) is 4.00. The first-order valence-corrected chi connectivity index (χ1v) is 9.83. The lowest BCUT2D eigenvalue weighted by Gasteiger charge is -2.41. The molecule has 8 heteroatoms. The van der Waals surface area contributed by atoms with Crippen molar-refractivity contribution >= 4 is 12.0 Å². The van der Waals surface area contributed by atoms with Gasteiger partial charge < -0.3 is 20.1 Å². The van der Waals surface area contributed by atoms with Crippen LogP contribution in [0.3, 0.4) is 0 Å². The van der Waals surface area contributed by atoms with E-state index in [1.165, 1.54) is 12.1 Å². The zero-order chi connectivity index (χ0) is 21.3. The average Bonchev–Trinajstić information content (AvgIpc) is 2.74. The van der Waals surface area contributed by atoms with E-state index in [0.29, 0.717) is 13.0 Å². The van der Waals surface area contributed by atoms with Crippen LogP contribution in [-0.2, 0) is 16.0 Å². The molecule has 1 saturated heterocycles. The van der Waals surface area contributed by atoms with Crippen molar-refractivity contribution in [3.8, 4) is 0 Å². The van der Waals surface area contributed by atoms with E-state index < -0.39 is 30.5 Å². The second kappa shape index (κ2) is 8.39. The fraction of sp³-hybridized carbons (Fsp3) is 0.364. The molecule has 0 spiro atoms. The maximum Gasteiger partial charge on any atom is 0.404 e. The third-order valence-corrected chi connectivity index (χ3v) is 5.70. The molecule has 0 saturated carbocycles. The van der Waals surface area contributed by atoms with E-state index >= 15 is 0 Å². The summed E-state index contributed by atoms with van der Waals surface area (Å²) < 4.78 is 33.0. The predicted octanol–water partition coefficient (Wildman–Crippen LogP) is 3.06. The van der Waals surface area contributed by atoms with Crippen LogP contribution < -0.4 is 5.32 Å². The number of carbonyl (C=O) groups is 2. The molecule has 0 aliphatic carbocycles. The largest absolute Gasteiger partial charge is 0.465 e. The van der Waals surface area contributed by atoms with Crippen molar-refractivity contribution in [3.05, 3.63) is 71.0 Å². The Kier molecular flexibility index (Phi) is 5.67. The van der Waals surface area contributed by atoms with Crippen LogP contribution in [0, 0.1) is 5.82 Å². The fourth-order valence-corrected chi connectivity index (χ4v) is 4.24. The molecule has 1 fully saturated rings. The topological polar surface area (TPSA) is 78.9 Å². The van der Waals surface area contributed by atoms with E-state index in [2.05, 4.69) is 5.32 Å². The highest BCUT2D eigenvalue weighted by Crippen LogP contribution is 2.36. The third-order valence-electron chi connectivity index (χ3n) is 5.70. The lowest BCUT2D eigenvalue weighted by atomic mass is 9.87. The number of nitrogens with one attached hydrogen (secondary N) is 1. The number of carboxylic acid groups (broad SMARTS) is 1. The summed E-state index contributed by atoms with van der Waals surface area (Å²) in [5.74, 6) is -0.698. The summed E-state index contributed by atoms with van der Waals surface area (Å²) >= 11 is 0. The monoisotopic (exact) mass is 416 g/mol. The lowest BCUT2D eigenvalue weighted by molar-refractivity contribution is -0.152. The van der Waals surface area contributed by atoms with Crippen LogP contribution in [0.1, 0.15) is 29.2 Å². The summed E-state index contributed by atoms with van der Waals surface area (Å²) in [6.07, 6.45) is -3.25. The van der Waals surface area contributed by atoms with Gasteiger partial charge in [-0.05, 0) is 35.2 Å². The minimum atomic E-state index is -1.51. The molecule has 0 unspecified atom stereocenters. The molecule has 0 aromatic heterocycles. The molecule has 2 aliphatic rings. The Hall–Kier alpha value is -3.00. The quantitative estimate of drug-likeness (QED) is 0.806. The van der Waals surface area contributed by atoms with E-state index in [0.717, 1.165) is 16.7 Å². The zero-order valence-electron chi connectivity index (χ0n) is 16.1. The maximum atomic E-state index is 14.1. The summed E-state index contributed by atoms with van der Waals surface area (Å²) in [6, 6.07) is 12.3. The molecule has 2 aliphatic heterocycles. The highest BCUT2D eigenvalue weighted by molar-refractivity contribution is 5.82. The molecule has 2 amide bonds. The molecular formula is C22H22F2N2O4. The highest BCUT2D eigenvalue weighted by Gasteiger charge is 2.41. The first-order chi connectivity index (χ1) is 14.4. The van der Waals surface area contributed by atoms with Gasteiger partial charge in [0.1, 0.15) is 18.1 Å². The van der Waals surface area contributed by atoms with Crippen molar-refractivity contribution in [1.29, 1.82) is 0 Å². The lowest BCUT2D eigenvalue weighted by Crippen LogP contribution is -2.54. The minimum Gasteiger partial charge on any atom is -0.465 e. The normalized spacial score (nSPS) is 26.0. The smallest absolute Gasteiger partial charge is 0.404 e. The molecule has 158 valence electrons. The number of carbonyl (C=O) groups excluding carboxylic acids is 1. The fourth-order valence-electron chi connectivity index (χ4n) is 4.24. The summed E-state index contributed by atoms with van der Waals surface area (Å²) in [7, 11) is 0. The molecule has 0 bridgehead atoms. The van der Waals surface area contributed by atoms with Gasteiger partial charge in [-0.3, -0.25) is 4.79 Å². The molecule has 2 heterocycles. The van der Waals surface area contributed by atoms with Crippen LogP contribution >= 0.6 is 0 Å². The molecule has 2 N–H and O–H groups in total. The van der Waals surface area contributed by atoms with Crippen LogP contribution in [0.15, 0.2) is 48.5 Å². The summed E-state index contributed by atoms with van der Waals surface area (Å²) in [5, 5.41) is 11.1. The van der Waals surface area contributed by atoms with Crippen LogP contribution in [0.25, 0.3) is 0 Å². The zero-order valence-corrected chi connectivity index (χ0v) is 16.1. The van der Waals surface area contributed by atoms with Gasteiger partial charge in [-0.2, -0.15) is 0 Å². The Bertz CT molecular complexity index is 937. The van der Waals surface area contributed by atoms with Crippen LogP contribution in [0.4, 0.5) is 13.6 Å². The Morgan fingerprint density at radius 3 is 2.60 bits per heavy atom. The van der Waals surface area contributed by atoms with Crippen LogP contribution in [0.2, 0.25) is 0 Å². The van der Waals surface area contributed by atoms with Crippen LogP contribution in [0.5, 0.6) is 0 Å². The second-order valence-corrected chi connectivity index (χ2v) is 7.56. The number of hydrogen-bond donors (Lipinski definition) is 2. The molecule has 0 radical (unpaired) electrons. The van der Waals surface area contributed by atoms with Crippen LogP contribution in [-0.4, -0.2) is 53.5 Å². The number of benzene rings is 2. The maximum absolute atomic E-state index is 14.1. The predicted molar refractivity (Wildman–Crippen MR) is 104 cm³/mol. The van der Waals surface area contributed by atoms with Gasteiger partial charge in [-0.25, -0.2) is 13.6 Å². The van der Waals surface area contributed by atoms with Gasteiger partial charge in [0.25, 0.3) is 5.91 Å². The Balaban J connectivity index is 1.64. The summed E-state index contributed by atoms with van der Waals surface area (Å²) in [6.45, 7) is 0.0703. The molecule has 30 heavy (non-hydrogen) atoms. The van der Waals surface area contributed by atoms with Gasteiger partial charge in [0, 0.05) is 13.0 Å². The first kappa shape index (κ1) is 20.3. The molecule has 6 nitrogen and oxygen atoms in total. The molecular weight excluding hydrogens is 394 g/mol. The van der Waals surface area contributed by atoms with Gasteiger partial charge in [0.2, 0.25) is 0 Å². The van der Waals surface area contributed by atoms with E-state index in [4.69, 9.17) is 9.84 Å². The van der Waals surface area contributed by atoms with Crippen molar-refractivity contribution in [2.45, 2.75) is 37.2 Å². The second-order valence-electron chi connectivity index (χ2n) is 7.56. The molecule has 2 aromatic carbocycles. The Morgan fingerprint density at radius 2 is 1.87 bits per heavy atom. The molecule has 2 aromatic rings. The first-order valence-electron chi connectivity index (χ1n) is 9.83. The van der Waals surface area contributed by atoms with Crippen molar-refractivity contribution in [2.24, 2.45) is 0 Å². The van der Waals surface area contributed by atoms with Gasteiger partial charge >= 0.3 is 6.09 Å². The Morgan fingerprint density at radius 1 is 1.13 bits per heavy atom. The summed E-state index contributed by atoms with van der Waals surface area (Å²) in [5.41, 5.74) is 2.81. The SMILES string of the molecule is O=C(O)N[C@H]1C[C@H](C(=O)N2CCc3ccccc3[C@@H]2c2ccc(F)cc2)OC[C@@H]1F.